The number of ether oxygens (including phenoxy) is 2. The molecule has 2 aliphatic heterocycles. The van der Waals surface area contributed by atoms with E-state index >= 15 is 0 Å². The predicted octanol–water partition coefficient (Wildman–Crippen LogP) is 1.75. The van der Waals surface area contributed by atoms with Gasteiger partial charge in [-0.25, -0.2) is 14.6 Å². The summed E-state index contributed by atoms with van der Waals surface area (Å²) in [5.41, 5.74) is 0.755. The highest BCUT2D eigenvalue weighted by Gasteiger charge is 2.44. The lowest BCUT2D eigenvalue weighted by Gasteiger charge is -2.37. The second-order valence-corrected chi connectivity index (χ2v) is 7.63. The van der Waals surface area contributed by atoms with Crippen LogP contribution >= 0.6 is 11.3 Å². The highest BCUT2D eigenvalue weighted by molar-refractivity contribution is 7.13. The molecule has 1 unspecified atom stereocenters. The number of carbonyl (C=O) groups excluding carboxylic acids is 3. The van der Waals surface area contributed by atoms with Crippen LogP contribution in [-0.4, -0.2) is 71.1 Å². The fraction of sp³-hybridized carbons (Fsp3) is 0.647. The number of aromatic nitrogens is 1. The Morgan fingerprint density at radius 2 is 2.00 bits per heavy atom. The molecule has 0 spiro atoms. The molecule has 0 aromatic carbocycles. The Labute approximate surface area is 156 Å². The number of nitrogens with zero attached hydrogens (tertiary/aromatic N) is 3. The van der Waals surface area contributed by atoms with Crippen LogP contribution in [0.3, 0.4) is 0 Å². The topological polar surface area (TPSA) is 89.0 Å². The Kier molecular flexibility index (Phi) is 5.45. The third-order valence-corrected chi connectivity index (χ3v) is 5.77. The summed E-state index contributed by atoms with van der Waals surface area (Å²) in [5.74, 6) is -0.454. The van der Waals surface area contributed by atoms with E-state index < -0.39 is 18.1 Å². The summed E-state index contributed by atoms with van der Waals surface area (Å²) >= 11 is 1.40. The molecule has 9 heteroatoms. The molecule has 1 aromatic rings. The third kappa shape index (κ3) is 3.53. The molecule has 0 N–H and O–H groups in total. The number of amides is 2. The summed E-state index contributed by atoms with van der Waals surface area (Å²) in [6.07, 6.45) is 0.725. The molecule has 1 aromatic heterocycles. The van der Waals surface area contributed by atoms with Crippen molar-refractivity contribution in [3.63, 3.8) is 0 Å². The minimum absolute atomic E-state index is 0.0162. The zero-order valence-electron chi connectivity index (χ0n) is 15.2. The van der Waals surface area contributed by atoms with Crippen LogP contribution in [-0.2, 0) is 14.3 Å². The van der Waals surface area contributed by atoms with Crippen LogP contribution in [0.15, 0.2) is 0 Å². The van der Waals surface area contributed by atoms with Crippen molar-refractivity contribution in [2.75, 3.05) is 26.3 Å². The van der Waals surface area contributed by atoms with Gasteiger partial charge < -0.3 is 14.4 Å². The van der Waals surface area contributed by atoms with Crippen molar-refractivity contribution < 1.29 is 23.9 Å². The van der Waals surface area contributed by atoms with E-state index in [1.807, 2.05) is 13.8 Å². The highest BCUT2D eigenvalue weighted by atomic mass is 32.1. The zero-order chi connectivity index (χ0) is 18.8. The van der Waals surface area contributed by atoms with E-state index in [0.717, 1.165) is 10.7 Å². The van der Waals surface area contributed by atoms with Gasteiger partial charge in [0.05, 0.1) is 17.3 Å². The molecule has 3 rings (SSSR count). The first-order valence-electron chi connectivity index (χ1n) is 8.77. The number of esters is 1. The van der Waals surface area contributed by atoms with Gasteiger partial charge in [-0.1, -0.05) is 0 Å². The molecule has 8 nitrogen and oxygen atoms in total. The van der Waals surface area contributed by atoms with E-state index in [9.17, 15) is 14.4 Å². The quantitative estimate of drug-likeness (QED) is 0.738. The molecule has 3 heterocycles. The van der Waals surface area contributed by atoms with E-state index in [0.29, 0.717) is 30.8 Å². The van der Waals surface area contributed by atoms with Gasteiger partial charge in [0.1, 0.15) is 11.5 Å². The Balaban J connectivity index is 1.64. The Hall–Kier alpha value is -2.16. The molecule has 1 atom stereocenters. The average Bonchev–Trinajstić information content (AvgIpc) is 3.16. The lowest BCUT2D eigenvalue weighted by atomic mass is 10.0. The Morgan fingerprint density at radius 3 is 2.58 bits per heavy atom. The molecular formula is C17H23N3O5S. The van der Waals surface area contributed by atoms with Gasteiger partial charge in [-0.15, -0.1) is 11.3 Å². The SMILES string of the molecule is CCOC(=O)C1COC(=O)N1C1CCN(C(=O)c2sc(C)nc2C)CC1. The molecule has 0 aliphatic carbocycles. The van der Waals surface area contributed by atoms with Crippen molar-refractivity contribution in [1.82, 2.24) is 14.8 Å². The Bertz CT molecular complexity index is 711. The molecule has 2 fully saturated rings. The number of rotatable bonds is 4. The summed E-state index contributed by atoms with van der Waals surface area (Å²) in [7, 11) is 0. The molecule has 0 saturated carbocycles. The van der Waals surface area contributed by atoms with E-state index in [2.05, 4.69) is 4.98 Å². The number of hydrogen-bond acceptors (Lipinski definition) is 7. The second kappa shape index (κ2) is 7.61. The van der Waals surface area contributed by atoms with E-state index in [1.165, 1.54) is 16.2 Å². The lowest BCUT2D eigenvalue weighted by Crippen LogP contribution is -2.52. The standard InChI is InChI=1S/C17H23N3O5S/c1-4-24-16(22)13-9-25-17(23)20(13)12-5-7-19(8-6-12)15(21)14-10(2)18-11(3)26-14/h12-13H,4-9H2,1-3H3. The summed E-state index contributed by atoms with van der Waals surface area (Å²) in [6, 6.07) is -0.825. The number of aryl methyl sites for hydroxylation is 2. The number of piperidine rings is 1. The van der Waals surface area contributed by atoms with Gasteiger partial charge in [-0.2, -0.15) is 0 Å². The van der Waals surface area contributed by atoms with Crippen LogP contribution < -0.4 is 0 Å². The molecular weight excluding hydrogens is 358 g/mol. The summed E-state index contributed by atoms with van der Waals surface area (Å²) < 4.78 is 10.1. The number of hydrogen-bond donors (Lipinski definition) is 0. The van der Waals surface area contributed by atoms with Gasteiger partial charge in [-0.05, 0) is 33.6 Å². The maximum Gasteiger partial charge on any atom is 0.410 e. The number of likely N-dealkylation sites (tertiary alicyclic amines) is 1. The smallest absolute Gasteiger partial charge is 0.410 e. The van der Waals surface area contributed by atoms with Gasteiger partial charge >= 0.3 is 12.1 Å². The van der Waals surface area contributed by atoms with Crippen LogP contribution in [0.25, 0.3) is 0 Å². The molecule has 2 saturated heterocycles. The minimum Gasteiger partial charge on any atom is -0.464 e. The zero-order valence-corrected chi connectivity index (χ0v) is 16.0. The maximum atomic E-state index is 12.7. The largest absolute Gasteiger partial charge is 0.464 e. The summed E-state index contributed by atoms with van der Waals surface area (Å²) in [4.78, 5) is 45.1. The summed E-state index contributed by atoms with van der Waals surface area (Å²) in [6.45, 7) is 6.79. The first-order valence-corrected chi connectivity index (χ1v) is 9.59. The van der Waals surface area contributed by atoms with Crippen molar-refractivity contribution in [2.45, 2.75) is 45.7 Å². The van der Waals surface area contributed by atoms with Crippen molar-refractivity contribution >= 4 is 29.3 Å². The van der Waals surface area contributed by atoms with Crippen LogP contribution in [0, 0.1) is 13.8 Å². The lowest BCUT2D eigenvalue weighted by molar-refractivity contribution is -0.148. The number of thiazole rings is 1. The highest BCUT2D eigenvalue weighted by Crippen LogP contribution is 2.27. The predicted molar refractivity (Wildman–Crippen MR) is 94.1 cm³/mol. The monoisotopic (exact) mass is 381 g/mol. The van der Waals surface area contributed by atoms with E-state index in [1.54, 1.807) is 11.8 Å². The van der Waals surface area contributed by atoms with E-state index in [-0.39, 0.29) is 25.2 Å². The first-order chi connectivity index (χ1) is 12.4. The number of carbonyl (C=O) groups is 3. The molecule has 142 valence electrons. The van der Waals surface area contributed by atoms with Crippen LogP contribution in [0.4, 0.5) is 4.79 Å². The maximum absolute atomic E-state index is 12.7. The van der Waals surface area contributed by atoms with Gasteiger partial charge in [-0.3, -0.25) is 9.69 Å². The molecule has 2 aliphatic rings. The van der Waals surface area contributed by atoms with Crippen molar-refractivity contribution in [3.8, 4) is 0 Å². The van der Waals surface area contributed by atoms with Gasteiger partial charge in [0.2, 0.25) is 0 Å². The minimum atomic E-state index is -0.693. The fourth-order valence-corrected chi connectivity index (χ4v) is 4.36. The van der Waals surface area contributed by atoms with Crippen molar-refractivity contribution in [3.05, 3.63) is 15.6 Å². The second-order valence-electron chi connectivity index (χ2n) is 6.42. The van der Waals surface area contributed by atoms with Crippen molar-refractivity contribution in [2.24, 2.45) is 0 Å². The van der Waals surface area contributed by atoms with Crippen molar-refractivity contribution in [1.29, 1.82) is 0 Å². The Morgan fingerprint density at radius 1 is 1.31 bits per heavy atom. The van der Waals surface area contributed by atoms with Gasteiger partial charge in [0.15, 0.2) is 6.04 Å². The van der Waals surface area contributed by atoms with Crippen LogP contribution in [0.1, 0.15) is 40.1 Å². The molecule has 2 amide bonds. The molecule has 0 radical (unpaired) electrons. The van der Waals surface area contributed by atoms with Crippen LogP contribution in [0.5, 0.6) is 0 Å². The molecule has 0 bridgehead atoms. The molecule has 26 heavy (non-hydrogen) atoms. The third-order valence-electron chi connectivity index (χ3n) is 4.71. The fourth-order valence-electron chi connectivity index (χ4n) is 3.48. The van der Waals surface area contributed by atoms with Gasteiger partial charge in [0.25, 0.3) is 5.91 Å². The van der Waals surface area contributed by atoms with E-state index in [4.69, 9.17) is 9.47 Å². The van der Waals surface area contributed by atoms with Gasteiger partial charge in [0, 0.05) is 19.1 Å². The number of cyclic esters (lactones) is 1. The van der Waals surface area contributed by atoms with Crippen LogP contribution in [0.2, 0.25) is 0 Å². The first kappa shape index (κ1) is 18.6. The normalized spacial score (nSPS) is 21.0. The average molecular weight is 381 g/mol. The summed E-state index contributed by atoms with van der Waals surface area (Å²) in [5, 5.41) is 0.873.